The quantitative estimate of drug-likeness (QED) is 0.810. The van der Waals surface area contributed by atoms with Crippen LogP contribution in [0, 0.1) is 5.82 Å². The van der Waals surface area contributed by atoms with Gasteiger partial charge in [0, 0.05) is 13.0 Å². The molecule has 6 nitrogen and oxygen atoms in total. The van der Waals surface area contributed by atoms with Crippen LogP contribution in [0.2, 0.25) is 0 Å². The third kappa shape index (κ3) is 3.77. The monoisotopic (exact) mass is 342 g/mol. The van der Waals surface area contributed by atoms with Gasteiger partial charge in [0.2, 0.25) is 0 Å². The lowest BCUT2D eigenvalue weighted by Crippen LogP contribution is -2.11. The average Bonchev–Trinajstić information content (AvgIpc) is 2.85. The zero-order valence-corrected chi connectivity index (χ0v) is 12.0. The SMILES string of the molecule is NC(=O)c1cn(CCCOc2ccc(F)cc2Br)nn1. The van der Waals surface area contributed by atoms with Crippen molar-refractivity contribution in [3.8, 4) is 5.75 Å². The fourth-order valence-corrected chi connectivity index (χ4v) is 1.99. The first-order valence-electron chi connectivity index (χ1n) is 5.84. The van der Waals surface area contributed by atoms with E-state index in [4.69, 9.17) is 10.5 Å². The highest BCUT2D eigenvalue weighted by molar-refractivity contribution is 9.10. The maximum absolute atomic E-state index is 12.9. The van der Waals surface area contributed by atoms with Gasteiger partial charge in [0.05, 0.1) is 17.3 Å². The number of nitrogens with zero attached hydrogens (tertiary/aromatic N) is 3. The Labute approximate surface area is 122 Å². The molecule has 0 fully saturated rings. The number of amides is 1. The molecule has 2 aromatic rings. The van der Waals surface area contributed by atoms with Crippen molar-refractivity contribution in [2.75, 3.05) is 6.61 Å². The number of primary amides is 1. The second kappa shape index (κ2) is 6.47. The van der Waals surface area contributed by atoms with Crippen molar-refractivity contribution in [2.45, 2.75) is 13.0 Å². The van der Waals surface area contributed by atoms with E-state index in [1.165, 1.54) is 23.0 Å². The zero-order chi connectivity index (χ0) is 14.5. The molecule has 1 amide bonds. The first kappa shape index (κ1) is 14.4. The van der Waals surface area contributed by atoms with Crippen LogP contribution >= 0.6 is 15.9 Å². The Morgan fingerprint density at radius 1 is 1.50 bits per heavy atom. The largest absolute Gasteiger partial charge is 0.492 e. The van der Waals surface area contributed by atoms with Gasteiger partial charge in [0.1, 0.15) is 11.6 Å². The van der Waals surface area contributed by atoms with Crippen molar-refractivity contribution in [1.82, 2.24) is 15.0 Å². The second-order valence-electron chi connectivity index (χ2n) is 4.01. The van der Waals surface area contributed by atoms with Gasteiger partial charge in [-0.25, -0.2) is 4.39 Å². The van der Waals surface area contributed by atoms with E-state index in [1.807, 2.05) is 0 Å². The van der Waals surface area contributed by atoms with Gasteiger partial charge >= 0.3 is 0 Å². The lowest BCUT2D eigenvalue weighted by Gasteiger charge is -2.07. The van der Waals surface area contributed by atoms with Gasteiger partial charge in [-0.15, -0.1) is 5.10 Å². The number of hydrogen-bond acceptors (Lipinski definition) is 4. The van der Waals surface area contributed by atoms with Crippen molar-refractivity contribution in [1.29, 1.82) is 0 Å². The first-order valence-corrected chi connectivity index (χ1v) is 6.63. The molecule has 0 unspecified atom stereocenters. The third-order valence-electron chi connectivity index (χ3n) is 2.47. The number of ether oxygens (including phenoxy) is 1. The minimum absolute atomic E-state index is 0.132. The van der Waals surface area contributed by atoms with Gasteiger partial charge in [-0.05, 0) is 34.1 Å². The summed E-state index contributed by atoms with van der Waals surface area (Å²) in [5.74, 6) is -0.364. The van der Waals surface area contributed by atoms with Crippen molar-refractivity contribution in [3.05, 3.63) is 40.4 Å². The van der Waals surface area contributed by atoms with Crippen molar-refractivity contribution < 1.29 is 13.9 Å². The summed E-state index contributed by atoms with van der Waals surface area (Å²) in [7, 11) is 0. The number of rotatable bonds is 6. The van der Waals surface area contributed by atoms with Crippen LogP contribution in [-0.4, -0.2) is 27.5 Å². The Hall–Kier alpha value is -1.96. The van der Waals surface area contributed by atoms with Gasteiger partial charge in [0.25, 0.3) is 5.91 Å². The number of halogens is 2. The second-order valence-corrected chi connectivity index (χ2v) is 4.86. The van der Waals surface area contributed by atoms with Gasteiger partial charge in [-0.3, -0.25) is 9.48 Å². The van der Waals surface area contributed by atoms with Crippen LogP contribution in [-0.2, 0) is 6.54 Å². The summed E-state index contributed by atoms with van der Waals surface area (Å²) in [6, 6.07) is 4.22. The molecule has 0 aliphatic heterocycles. The van der Waals surface area contributed by atoms with Gasteiger partial charge in [-0.1, -0.05) is 5.21 Å². The van der Waals surface area contributed by atoms with Crippen molar-refractivity contribution in [3.63, 3.8) is 0 Å². The minimum atomic E-state index is -0.609. The Balaban J connectivity index is 1.79. The number of aromatic nitrogens is 3. The molecule has 1 aromatic carbocycles. The molecule has 106 valence electrons. The molecule has 1 heterocycles. The molecule has 0 saturated carbocycles. The lowest BCUT2D eigenvalue weighted by atomic mass is 10.3. The highest BCUT2D eigenvalue weighted by Crippen LogP contribution is 2.25. The summed E-state index contributed by atoms with van der Waals surface area (Å²) in [4.78, 5) is 10.8. The third-order valence-corrected chi connectivity index (χ3v) is 3.09. The van der Waals surface area contributed by atoms with Gasteiger partial charge in [0.15, 0.2) is 5.69 Å². The molecule has 0 atom stereocenters. The summed E-state index contributed by atoms with van der Waals surface area (Å²) < 4.78 is 20.5. The summed E-state index contributed by atoms with van der Waals surface area (Å²) >= 11 is 3.22. The molecule has 0 spiro atoms. The van der Waals surface area contributed by atoms with Crippen LogP contribution in [0.15, 0.2) is 28.9 Å². The molecule has 0 saturated heterocycles. The van der Waals surface area contributed by atoms with Crippen LogP contribution < -0.4 is 10.5 Å². The number of benzene rings is 1. The summed E-state index contributed by atoms with van der Waals surface area (Å²) in [6.07, 6.45) is 2.14. The summed E-state index contributed by atoms with van der Waals surface area (Å²) in [6.45, 7) is 0.967. The molecule has 1 aromatic heterocycles. The van der Waals surface area contributed by atoms with Crippen LogP contribution in [0.5, 0.6) is 5.75 Å². The Kier molecular flexibility index (Phi) is 4.67. The first-order chi connectivity index (χ1) is 9.56. The predicted molar refractivity (Wildman–Crippen MR) is 72.8 cm³/mol. The number of nitrogens with two attached hydrogens (primary N) is 1. The summed E-state index contributed by atoms with van der Waals surface area (Å²) in [5.41, 5.74) is 5.20. The highest BCUT2D eigenvalue weighted by Gasteiger charge is 2.06. The molecule has 20 heavy (non-hydrogen) atoms. The van der Waals surface area contributed by atoms with Crippen molar-refractivity contribution in [2.24, 2.45) is 5.73 Å². The summed E-state index contributed by atoms with van der Waals surface area (Å²) in [5, 5.41) is 7.39. The van der Waals surface area contributed by atoms with Gasteiger partial charge < -0.3 is 10.5 Å². The molecular weight excluding hydrogens is 331 g/mol. The standard InChI is InChI=1S/C12H12BrFN4O2/c13-9-6-8(14)2-3-11(9)20-5-1-4-18-7-10(12(15)19)16-17-18/h2-3,6-7H,1,4-5H2,(H2,15,19). The van der Waals surface area contributed by atoms with E-state index < -0.39 is 5.91 Å². The smallest absolute Gasteiger partial charge is 0.270 e. The molecule has 2 rings (SSSR count). The molecule has 8 heteroatoms. The lowest BCUT2D eigenvalue weighted by molar-refractivity contribution is 0.0995. The van der Waals surface area contributed by atoms with E-state index in [0.29, 0.717) is 29.8 Å². The Morgan fingerprint density at radius 3 is 2.95 bits per heavy atom. The molecule has 0 aliphatic rings. The van der Waals surface area contributed by atoms with E-state index in [0.717, 1.165) is 0 Å². The maximum atomic E-state index is 12.9. The van der Waals surface area contributed by atoms with Crippen LogP contribution in [0.4, 0.5) is 4.39 Å². The van der Waals surface area contributed by atoms with Crippen LogP contribution in [0.25, 0.3) is 0 Å². The van der Waals surface area contributed by atoms with Crippen LogP contribution in [0.1, 0.15) is 16.9 Å². The number of hydrogen-bond donors (Lipinski definition) is 1. The topological polar surface area (TPSA) is 83.0 Å². The maximum Gasteiger partial charge on any atom is 0.270 e. The highest BCUT2D eigenvalue weighted by atomic mass is 79.9. The predicted octanol–water partition coefficient (Wildman–Crippen LogP) is 1.75. The fourth-order valence-electron chi connectivity index (χ4n) is 1.52. The molecular formula is C12H12BrFN4O2. The molecule has 0 aliphatic carbocycles. The van der Waals surface area contributed by atoms with E-state index in [-0.39, 0.29) is 11.5 Å². The van der Waals surface area contributed by atoms with E-state index in [9.17, 15) is 9.18 Å². The molecule has 0 radical (unpaired) electrons. The average molecular weight is 343 g/mol. The Morgan fingerprint density at radius 2 is 2.30 bits per heavy atom. The van der Waals surface area contributed by atoms with E-state index in [2.05, 4.69) is 26.2 Å². The van der Waals surface area contributed by atoms with E-state index in [1.54, 1.807) is 6.07 Å². The van der Waals surface area contributed by atoms with Crippen molar-refractivity contribution >= 4 is 21.8 Å². The number of carbonyl (C=O) groups excluding carboxylic acids is 1. The molecule has 0 bridgehead atoms. The van der Waals surface area contributed by atoms with Crippen LogP contribution in [0.3, 0.4) is 0 Å². The minimum Gasteiger partial charge on any atom is -0.492 e. The normalized spacial score (nSPS) is 10.5. The Bertz CT molecular complexity index is 617. The number of carbonyl (C=O) groups is 1. The fraction of sp³-hybridized carbons (Fsp3) is 0.250. The van der Waals surface area contributed by atoms with Gasteiger partial charge in [-0.2, -0.15) is 0 Å². The zero-order valence-electron chi connectivity index (χ0n) is 10.4. The molecule has 2 N–H and O–H groups in total. The number of aryl methyl sites for hydroxylation is 1. The van der Waals surface area contributed by atoms with E-state index >= 15 is 0 Å².